The molecule has 2 unspecified atom stereocenters. The Labute approximate surface area is 169 Å². The molecule has 1 saturated heterocycles. The molecular formula is C24H21NO4. The number of para-hydroxylation sites is 1. The summed E-state index contributed by atoms with van der Waals surface area (Å²) in [5.74, 6) is 0.209. The van der Waals surface area contributed by atoms with Crippen LogP contribution in [0.4, 0.5) is 0 Å². The Kier molecular flexibility index (Phi) is 5.29. The smallest absolute Gasteiger partial charge is 0.337 e. The summed E-state index contributed by atoms with van der Waals surface area (Å²) in [5, 5.41) is 0. The molecule has 0 aromatic heterocycles. The molecule has 3 aromatic rings. The van der Waals surface area contributed by atoms with Crippen LogP contribution < -0.4 is 4.74 Å². The fourth-order valence-corrected chi connectivity index (χ4v) is 3.52. The molecule has 2 atom stereocenters. The van der Waals surface area contributed by atoms with Crippen molar-refractivity contribution < 1.29 is 19.1 Å². The molecule has 0 aliphatic carbocycles. The van der Waals surface area contributed by atoms with Crippen molar-refractivity contribution in [2.45, 2.75) is 18.7 Å². The Balaban J connectivity index is 1.61. The average molecular weight is 387 g/mol. The Bertz CT molecular complexity index is 935. The van der Waals surface area contributed by atoms with Gasteiger partial charge in [0.15, 0.2) is 0 Å². The number of β-lactam (4-membered cyclic amide) rings is 1. The predicted molar refractivity (Wildman–Crippen MR) is 108 cm³/mol. The summed E-state index contributed by atoms with van der Waals surface area (Å²) in [6, 6.07) is 26.1. The number of ether oxygens (including phenoxy) is 2. The third kappa shape index (κ3) is 3.85. The molecule has 1 aliphatic rings. The Hall–Kier alpha value is -3.60. The number of carbonyl (C=O) groups excluding carboxylic acids is 2. The number of methoxy groups -OCH3 is 1. The first-order chi connectivity index (χ1) is 14.2. The lowest BCUT2D eigenvalue weighted by molar-refractivity contribution is -0.165. The lowest BCUT2D eigenvalue weighted by Crippen LogP contribution is -2.60. The molecule has 1 amide bonds. The van der Waals surface area contributed by atoms with Crippen LogP contribution in [-0.2, 0) is 16.1 Å². The highest BCUT2D eigenvalue weighted by molar-refractivity contribution is 5.90. The average Bonchev–Trinajstić information content (AvgIpc) is 2.79. The second kappa shape index (κ2) is 8.19. The second-order valence-electron chi connectivity index (χ2n) is 6.86. The molecule has 0 saturated carbocycles. The number of hydrogen-bond donors (Lipinski definition) is 0. The molecule has 0 N–H and O–H groups in total. The lowest BCUT2D eigenvalue weighted by atomic mass is 9.89. The molecule has 1 heterocycles. The highest BCUT2D eigenvalue weighted by Crippen LogP contribution is 2.39. The highest BCUT2D eigenvalue weighted by Gasteiger charge is 2.50. The van der Waals surface area contributed by atoms with Gasteiger partial charge in [-0.05, 0) is 35.4 Å². The molecule has 4 rings (SSSR count). The van der Waals surface area contributed by atoms with Gasteiger partial charge in [-0.1, -0.05) is 60.7 Å². The van der Waals surface area contributed by atoms with E-state index in [0.29, 0.717) is 17.9 Å². The van der Waals surface area contributed by atoms with Gasteiger partial charge in [0, 0.05) is 6.54 Å². The van der Waals surface area contributed by atoms with Gasteiger partial charge in [-0.2, -0.15) is 0 Å². The van der Waals surface area contributed by atoms with E-state index < -0.39 is 6.10 Å². The number of likely N-dealkylation sites (tertiary alicyclic amines) is 1. The summed E-state index contributed by atoms with van der Waals surface area (Å²) in [6.45, 7) is 0.498. The maximum Gasteiger partial charge on any atom is 0.337 e. The van der Waals surface area contributed by atoms with Crippen molar-refractivity contribution in [2.75, 3.05) is 7.11 Å². The standard InChI is InChI=1S/C24H21NO4/c1-28-24(27)19-14-12-18(13-15-19)21-22(29-20-10-6-3-7-11-20)23(26)25(21)16-17-8-4-2-5-9-17/h2-15,21-22H,16H2,1H3. The van der Waals surface area contributed by atoms with E-state index in [1.807, 2.05) is 72.8 Å². The van der Waals surface area contributed by atoms with Gasteiger partial charge in [-0.25, -0.2) is 4.79 Å². The van der Waals surface area contributed by atoms with E-state index >= 15 is 0 Å². The van der Waals surface area contributed by atoms with Crippen molar-refractivity contribution in [3.63, 3.8) is 0 Å². The van der Waals surface area contributed by atoms with Crippen molar-refractivity contribution in [1.82, 2.24) is 4.90 Å². The monoisotopic (exact) mass is 387 g/mol. The maximum absolute atomic E-state index is 12.9. The van der Waals surface area contributed by atoms with E-state index in [2.05, 4.69) is 0 Å². The van der Waals surface area contributed by atoms with Crippen molar-refractivity contribution in [2.24, 2.45) is 0 Å². The molecule has 0 radical (unpaired) electrons. The first-order valence-electron chi connectivity index (χ1n) is 9.42. The molecule has 5 heteroatoms. The number of carbonyl (C=O) groups is 2. The van der Waals surface area contributed by atoms with Gasteiger partial charge >= 0.3 is 5.97 Å². The molecule has 146 valence electrons. The summed E-state index contributed by atoms with van der Waals surface area (Å²) < 4.78 is 10.8. The first kappa shape index (κ1) is 18.7. The van der Waals surface area contributed by atoms with Crippen LogP contribution in [0.2, 0.25) is 0 Å². The van der Waals surface area contributed by atoms with Gasteiger partial charge in [-0.15, -0.1) is 0 Å². The van der Waals surface area contributed by atoms with Crippen LogP contribution in [0.15, 0.2) is 84.9 Å². The third-order valence-corrected chi connectivity index (χ3v) is 5.02. The van der Waals surface area contributed by atoms with Crippen molar-refractivity contribution in [1.29, 1.82) is 0 Å². The lowest BCUT2D eigenvalue weighted by Gasteiger charge is -2.47. The van der Waals surface area contributed by atoms with Crippen LogP contribution in [-0.4, -0.2) is 30.0 Å². The number of esters is 1. The number of benzene rings is 3. The second-order valence-corrected chi connectivity index (χ2v) is 6.86. The van der Waals surface area contributed by atoms with Crippen LogP contribution in [0.3, 0.4) is 0 Å². The predicted octanol–water partition coefficient (Wildman–Crippen LogP) is 4.00. The SMILES string of the molecule is COC(=O)c1ccc(C2C(Oc3ccccc3)C(=O)N2Cc2ccccc2)cc1. The van der Waals surface area contributed by atoms with Gasteiger partial charge in [0.2, 0.25) is 6.10 Å². The van der Waals surface area contributed by atoms with Crippen LogP contribution in [0.1, 0.15) is 27.5 Å². The van der Waals surface area contributed by atoms with Gasteiger partial charge in [0.1, 0.15) is 11.8 Å². The maximum atomic E-state index is 12.9. The number of amides is 1. The molecule has 29 heavy (non-hydrogen) atoms. The molecule has 0 bridgehead atoms. The Morgan fingerprint density at radius 2 is 1.52 bits per heavy atom. The van der Waals surface area contributed by atoms with E-state index in [-0.39, 0.29) is 17.9 Å². The fraction of sp³-hybridized carbons (Fsp3) is 0.167. The van der Waals surface area contributed by atoms with Crippen LogP contribution in [0, 0.1) is 0 Å². The number of hydrogen-bond acceptors (Lipinski definition) is 4. The third-order valence-electron chi connectivity index (χ3n) is 5.02. The zero-order valence-electron chi connectivity index (χ0n) is 16.0. The summed E-state index contributed by atoms with van der Waals surface area (Å²) in [5.41, 5.74) is 2.43. The van der Waals surface area contributed by atoms with Gasteiger partial charge in [0.05, 0.1) is 12.7 Å². The van der Waals surface area contributed by atoms with E-state index in [1.165, 1.54) is 7.11 Å². The minimum Gasteiger partial charge on any atom is -0.478 e. The van der Waals surface area contributed by atoms with Gasteiger partial charge in [0.25, 0.3) is 5.91 Å². The molecular weight excluding hydrogens is 366 g/mol. The highest BCUT2D eigenvalue weighted by atomic mass is 16.5. The largest absolute Gasteiger partial charge is 0.478 e. The summed E-state index contributed by atoms with van der Waals surface area (Å²) in [6.07, 6.45) is -0.606. The van der Waals surface area contributed by atoms with Crippen LogP contribution in [0.5, 0.6) is 5.75 Å². The topological polar surface area (TPSA) is 55.8 Å². The van der Waals surface area contributed by atoms with Crippen molar-refractivity contribution >= 4 is 11.9 Å². The molecule has 1 fully saturated rings. The summed E-state index contributed by atoms with van der Waals surface area (Å²) in [4.78, 5) is 26.4. The molecule has 1 aliphatic heterocycles. The van der Waals surface area contributed by atoms with E-state index in [4.69, 9.17) is 9.47 Å². The van der Waals surface area contributed by atoms with Crippen LogP contribution in [0.25, 0.3) is 0 Å². The van der Waals surface area contributed by atoms with Gasteiger partial charge in [-0.3, -0.25) is 4.79 Å². The van der Waals surface area contributed by atoms with E-state index in [1.54, 1.807) is 17.0 Å². The minimum atomic E-state index is -0.606. The van der Waals surface area contributed by atoms with Gasteiger partial charge < -0.3 is 14.4 Å². The van der Waals surface area contributed by atoms with Crippen LogP contribution >= 0.6 is 0 Å². The normalized spacial score (nSPS) is 18.1. The van der Waals surface area contributed by atoms with Crippen molar-refractivity contribution in [3.05, 3.63) is 102 Å². The number of nitrogens with zero attached hydrogens (tertiary/aromatic N) is 1. The zero-order valence-corrected chi connectivity index (χ0v) is 16.0. The molecule has 0 spiro atoms. The first-order valence-corrected chi connectivity index (χ1v) is 9.42. The quantitative estimate of drug-likeness (QED) is 0.474. The van der Waals surface area contributed by atoms with Crippen molar-refractivity contribution in [3.8, 4) is 5.75 Å². The number of rotatable bonds is 6. The summed E-state index contributed by atoms with van der Waals surface area (Å²) in [7, 11) is 1.35. The zero-order chi connectivity index (χ0) is 20.2. The minimum absolute atomic E-state index is 0.0558. The molecule has 3 aromatic carbocycles. The van der Waals surface area contributed by atoms with E-state index in [0.717, 1.165) is 11.1 Å². The van der Waals surface area contributed by atoms with E-state index in [9.17, 15) is 9.59 Å². The fourth-order valence-electron chi connectivity index (χ4n) is 3.52. The Morgan fingerprint density at radius 3 is 2.14 bits per heavy atom. The summed E-state index contributed by atoms with van der Waals surface area (Å²) >= 11 is 0. The molecule has 5 nitrogen and oxygen atoms in total. The Morgan fingerprint density at radius 1 is 0.897 bits per heavy atom.